The lowest BCUT2D eigenvalue weighted by Crippen LogP contribution is -2.17. The molecule has 1 fully saturated rings. The van der Waals surface area contributed by atoms with Gasteiger partial charge >= 0.3 is 0 Å². The fourth-order valence-electron chi connectivity index (χ4n) is 1.46. The van der Waals surface area contributed by atoms with Crippen molar-refractivity contribution in [3.05, 3.63) is 0 Å². The zero-order chi connectivity index (χ0) is 7.40. The second-order valence-electron chi connectivity index (χ2n) is 3.41. The Morgan fingerprint density at radius 3 is 3.00 bits per heavy atom. The Morgan fingerprint density at radius 2 is 2.50 bits per heavy atom. The van der Waals surface area contributed by atoms with E-state index >= 15 is 0 Å². The lowest BCUT2D eigenvalue weighted by atomic mass is 10.0. The first kappa shape index (κ1) is 8.02. The van der Waals surface area contributed by atoms with Gasteiger partial charge in [-0.15, -0.1) is 0 Å². The molecule has 1 heterocycles. The van der Waals surface area contributed by atoms with Crippen LogP contribution in [-0.4, -0.2) is 19.1 Å². The van der Waals surface area contributed by atoms with E-state index in [1.165, 1.54) is 32.4 Å². The molecule has 1 aliphatic rings. The van der Waals surface area contributed by atoms with E-state index in [1.807, 2.05) is 0 Å². The van der Waals surface area contributed by atoms with Gasteiger partial charge in [0, 0.05) is 6.04 Å². The molecule has 0 spiro atoms. The summed E-state index contributed by atoms with van der Waals surface area (Å²) in [5.74, 6) is 0.908. The van der Waals surface area contributed by atoms with Crippen molar-refractivity contribution in [3.63, 3.8) is 0 Å². The van der Waals surface area contributed by atoms with Crippen LogP contribution in [0.5, 0.6) is 0 Å². The van der Waals surface area contributed by atoms with Crippen LogP contribution in [0, 0.1) is 5.92 Å². The Labute approximate surface area is 63.2 Å². The highest BCUT2D eigenvalue weighted by Gasteiger charge is 2.13. The second kappa shape index (κ2) is 3.94. The molecule has 0 amide bonds. The highest BCUT2D eigenvalue weighted by molar-refractivity contribution is 4.72. The van der Waals surface area contributed by atoms with Gasteiger partial charge in [0.1, 0.15) is 0 Å². The second-order valence-corrected chi connectivity index (χ2v) is 3.41. The van der Waals surface area contributed by atoms with Crippen LogP contribution in [0.1, 0.15) is 26.2 Å². The van der Waals surface area contributed by atoms with E-state index in [0.717, 1.165) is 5.92 Å². The van der Waals surface area contributed by atoms with Gasteiger partial charge in [-0.2, -0.15) is 0 Å². The van der Waals surface area contributed by atoms with Gasteiger partial charge in [-0.3, -0.25) is 0 Å². The first-order valence-corrected chi connectivity index (χ1v) is 4.25. The van der Waals surface area contributed by atoms with Gasteiger partial charge in [-0.05, 0) is 45.2 Å². The number of hydrogen-bond donors (Lipinski definition) is 2. The molecule has 60 valence electrons. The standard InChI is InChI=1S/C8H18N2/c1-7(9)2-3-8-4-5-10-6-8/h7-8,10H,2-6,9H2,1H3. The van der Waals surface area contributed by atoms with Gasteiger partial charge in [-0.25, -0.2) is 0 Å². The molecule has 0 aromatic rings. The van der Waals surface area contributed by atoms with Crippen molar-refractivity contribution in [2.24, 2.45) is 11.7 Å². The molecule has 0 bridgehead atoms. The van der Waals surface area contributed by atoms with Crippen molar-refractivity contribution in [3.8, 4) is 0 Å². The maximum Gasteiger partial charge on any atom is 0.00105 e. The summed E-state index contributed by atoms with van der Waals surface area (Å²) < 4.78 is 0. The summed E-state index contributed by atoms with van der Waals surface area (Å²) in [5, 5.41) is 3.36. The number of hydrogen-bond acceptors (Lipinski definition) is 2. The van der Waals surface area contributed by atoms with Crippen molar-refractivity contribution in [2.75, 3.05) is 13.1 Å². The maximum atomic E-state index is 5.65. The molecule has 1 saturated heterocycles. The monoisotopic (exact) mass is 142 g/mol. The first-order chi connectivity index (χ1) is 4.79. The Balaban J connectivity index is 2.01. The third kappa shape index (κ3) is 2.67. The van der Waals surface area contributed by atoms with Crippen molar-refractivity contribution < 1.29 is 0 Å². The smallest absolute Gasteiger partial charge is 0.00105 e. The van der Waals surface area contributed by atoms with E-state index in [2.05, 4.69) is 12.2 Å². The molecule has 1 aliphatic heterocycles. The van der Waals surface area contributed by atoms with Crippen molar-refractivity contribution in [1.82, 2.24) is 5.32 Å². The molecule has 1 rings (SSSR count). The van der Waals surface area contributed by atoms with E-state index < -0.39 is 0 Å². The summed E-state index contributed by atoms with van der Waals surface area (Å²) in [6.07, 6.45) is 3.85. The Morgan fingerprint density at radius 1 is 1.70 bits per heavy atom. The Bertz CT molecular complexity index is 85.3. The average molecular weight is 142 g/mol. The van der Waals surface area contributed by atoms with Crippen LogP contribution in [0.2, 0.25) is 0 Å². The molecule has 0 saturated carbocycles. The van der Waals surface area contributed by atoms with Crippen LogP contribution in [0.3, 0.4) is 0 Å². The minimum Gasteiger partial charge on any atom is -0.328 e. The molecule has 0 aliphatic carbocycles. The lowest BCUT2D eigenvalue weighted by Gasteiger charge is -2.09. The zero-order valence-corrected chi connectivity index (χ0v) is 6.77. The fraction of sp³-hybridized carbons (Fsp3) is 1.00. The Hall–Kier alpha value is -0.0800. The SMILES string of the molecule is CC(N)CCC1CCNC1. The summed E-state index contributed by atoms with van der Waals surface area (Å²) in [6.45, 7) is 4.51. The maximum absolute atomic E-state index is 5.65. The van der Waals surface area contributed by atoms with Crippen molar-refractivity contribution in [1.29, 1.82) is 0 Å². The predicted octanol–water partition coefficient (Wildman–Crippen LogP) is 0.723. The van der Waals surface area contributed by atoms with Gasteiger partial charge in [0.15, 0.2) is 0 Å². The molecule has 0 aromatic carbocycles. The van der Waals surface area contributed by atoms with Crippen LogP contribution in [0.15, 0.2) is 0 Å². The minimum absolute atomic E-state index is 0.389. The summed E-state index contributed by atoms with van der Waals surface area (Å²) in [7, 11) is 0. The summed E-state index contributed by atoms with van der Waals surface area (Å²) >= 11 is 0. The van der Waals surface area contributed by atoms with Gasteiger partial charge in [0.05, 0.1) is 0 Å². The van der Waals surface area contributed by atoms with Crippen molar-refractivity contribution in [2.45, 2.75) is 32.2 Å². The summed E-state index contributed by atoms with van der Waals surface area (Å²) in [4.78, 5) is 0. The summed E-state index contributed by atoms with van der Waals surface area (Å²) in [6, 6.07) is 0.389. The van der Waals surface area contributed by atoms with Gasteiger partial charge in [-0.1, -0.05) is 0 Å². The van der Waals surface area contributed by atoms with E-state index in [1.54, 1.807) is 0 Å². The lowest BCUT2D eigenvalue weighted by molar-refractivity contribution is 0.480. The third-order valence-electron chi connectivity index (χ3n) is 2.19. The highest BCUT2D eigenvalue weighted by atomic mass is 14.9. The Kier molecular flexibility index (Phi) is 3.16. The van der Waals surface area contributed by atoms with Crippen LogP contribution >= 0.6 is 0 Å². The number of nitrogens with two attached hydrogens (primary N) is 1. The topological polar surface area (TPSA) is 38.0 Å². The van der Waals surface area contributed by atoms with Crippen LogP contribution < -0.4 is 11.1 Å². The van der Waals surface area contributed by atoms with Gasteiger partial charge < -0.3 is 11.1 Å². The van der Waals surface area contributed by atoms with Crippen LogP contribution in [-0.2, 0) is 0 Å². The number of nitrogens with one attached hydrogen (secondary N) is 1. The largest absolute Gasteiger partial charge is 0.328 e. The molecule has 2 nitrogen and oxygen atoms in total. The zero-order valence-electron chi connectivity index (χ0n) is 6.77. The normalized spacial score (nSPS) is 28.8. The van der Waals surface area contributed by atoms with Crippen molar-refractivity contribution >= 4 is 0 Å². The molecular formula is C8H18N2. The average Bonchev–Trinajstić information content (AvgIpc) is 2.34. The molecule has 3 N–H and O–H groups in total. The molecule has 2 atom stereocenters. The van der Waals surface area contributed by atoms with E-state index in [4.69, 9.17) is 5.73 Å². The molecule has 2 heteroatoms. The minimum atomic E-state index is 0.389. The first-order valence-electron chi connectivity index (χ1n) is 4.25. The van der Waals surface area contributed by atoms with E-state index in [9.17, 15) is 0 Å². The molecule has 0 aromatic heterocycles. The fourth-order valence-corrected chi connectivity index (χ4v) is 1.46. The van der Waals surface area contributed by atoms with Gasteiger partial charge in [0.2, 0.25) is 0 Å². The third-order valence-corrected chi connectivity index (χ3v) is 2.19. The predicted molar refractivity (Wildman–Crippen MR) is 43.9 cm³/mol. The molecule has 2 unspecified atom stereocenters. The number of rotatable bonds is 3. The van der Waals surface area contributed by atoms with Crippen LogP contribution in [0.25, 0.3) is 0 Å². The molecule has 0 radical (unpaired) electrons. The van der Waals surface area contributed by atoms with E-state index in [0.29, 0.717) is 6.04 Å². The molecule has 10 heavy (non-hydrogen) atoms. The summed E-state index contributed by atoms with van der Waals surface area (Å²) in [5.41, 5.74) is 5.65. The highest BCUT2D eigenvalue weighted by Crippen LogP contribution is 2.14. The quantitative estimate of drug-likeness (QED) is 0.609. The van der Waals surface area contributed by atoms with E-state index in [-0.39, 0.29) is 0 Å². The van der Waals surface area contributed by atoms with Crippen LogP contribution in [0.4, 0.5) is 0 Å². The van der Waals surface area contributed by atoms with Gasteiger partial charge in [0.25, 0.3) is 0 Å². The molecular weight excluding hydrogens is 124 g/mol.